The number of halogens is 1. The molecular weight excluding hydrogens is 191 g/mol. The highest BCUT2D eigenvalue weighted by Gasteiger charge is 1.66. The van der Waals surface area contributed by atoms with Gasteiger partial charge in [-0.15, -0.1) is 0 Å². The van der Waals surface area contributed by atoms with Crippen molar-refractivity contribution < 1.29 is 5.11 Å². The summed E-state index contributed by atoms with van der Waals surface area (Å²) in [7, 11) is 0. The lowest BCUT2D eigenvalue weighted by Gasteiger charge is -1.75. The van der Waals surface area contributed by atoms with Crippen molar-refractivity contribution >= 4 is 22.6 Å². The molecule has 36 valence electrons. The van der Waals surface area contributed by atoms with Crippen LogP contribution in [0, 0.1) is 0 Å². The fraction of sp³-hybridized carbons (Fsp3) is 0.500. The third-order valence-corrected chi connectivity index (χ3v) is 0.893. The minimum atomic E-state index is 0.263. The van der Waals surface area contributed by atoms with Gasteiger partial charge in [0.05, 0.1) is 0 Å². The number of hydrogen-bond donors (Lipinski definition) is 1. The van der Waals surface area contributed by atoms with Crippen LogP contribution in [0.4, 0.5) is 0 Å². The van der Waals surface area contributed by atoms with E-state index in [9.17, 15) is 0 Å². The summed E-state index contributed by atoms with van der Waals surface area (Å²) >= 11 is 2.12. The standard InChI is InChI=1S/C4H7IO/c5-3-1-2-4-6/h1,3,6H,2,4H2/b3-1-. The average molecular weight is 198 g/mol. The maximum Gasteiger partial charge on any atom is 0.0465 e. The van der Waals surface area contributed by atoms with Gasteiger partial charge in [0, 0.05) is 6.61 Å². The molecule has 2 heteroatoms. The van der Waals surface area contributed by atoms with E-state index in [1.54, 1.807) is 0 Å². The van der Waals surface area contributed by atoms with E-state index in [1.165, 1.54) is 0 Å². The van der Waals surface area contributed by atoms with Gasteiger partial charge in [-0.05, 0) is 10.5 Å². The van der Waals surface area contributed by atoms with Gasteiger partial charge in [0.15, 0.2) is 0 Å². The fourth-order valence-electron chi connectivity index (χ4n) is 0.138. The molecule has 0 atom stereocenters. The molecule has 0 heterocycles. The molecule has 0 aliphatic rings. The average Bonchev–Trinajstić information content (AvgIpc) is 1.61. The predicted octanol–water partition coefficient (Wildman–Crippen LogP) is 1.32. The molecule has 0 bridgehead atoms. The van der Waals surface area contributed by atoms with E-state index in [1.807, 2.05) is 10.2 Å². The fourth-order valence-corrected chi connectivity index (χ4v) is 0.497. The lowest BCUT2D eigenvalue weighted by Crippen LogP contribution is -1.72. The molecule has 1 nitrogen and oxygen atoms in total. The van der Waals surface area contributed by atoms with Crippen LogP contribution in [-0.2, 0) is 0 Å². The van der Waals surface area contributed by atoms with Gasteiger partial charge in [-0.25, -0.2) is 0 Å². The van der Waals surface area contributed by atoms with Gasteiger partial charge in [0.25, 0.3) is 0 Å². The van der Waals surface area contributed by atoms with E-state index < -0.39 is 0 Å². The van der Waals surface area contributed by atoms with Gasteiger partial charge in [0.2, 0.25) is 0 Å². The third kappa shape index (κ3) is 4.43. The largest absolute Gasteiger partial charge is 0.396 e. The summed E-state index contributed by atoms with van der Waals surface area (Å²) in [6.07, 6.45) is 2.70. The molecule has 0 unspecified atom stereocenters. The third-order valence-electron chi connectivity index (χ3n) is 0.385. The summed E-state index contributed by atoms with van der Waals surface area (Å²) in [5.74, 6) is 0. The summed E-state index contributed by atoms with van der Waals surface area (Å²) in [5, 5.41) is 8.14. The van der Waals surface area contributed by atoms with Crippen molar-refractivity contribution in [1.82, 2.24) is 0 Å². The van der Waals surface area contributed by atoms with Gasteiger partial charge in [0.1, 0.15) is 0 Å². The van der Waals surface area contributed by atoms with Gasteiger partial charge in [-0.1, -0.05) is 28.7 Å². The smallest absolute Gasteiger partial charge is 0.0465 e. The van der Waals surface area contributed by atoms with Crippen LogP contribution in [0.3, 0.4) is 0 Å². The molecule has 0 spiro atoms. The highest BCUT2D eigenvalue weighted by atomic mass is 127. The van der Waals surface area contributed by atoms with Crippen molar-refractivity contribution in [2.75, 3.05) is 6.61 Å². The Morgan fingerprint density at radius 3 is 2.50 bits per heavy atom. The Hall–Kier alpha value is 0.430. The molecule has 0 saturated carbocycles. The highest BCUT2D eigenvalue weighted by molar-refractivity contribution is 14.1. The van der Waals surface area contributed by atoms with Crippen LogP contribution < -0.4 is 0 Å². The zero-order chi connectivity index (χ0) is 4.83. The Balaban J connectivity index is 2.66. The van der Waals surface area contributed by atoms with Crippen molar-refractivity contribution in [2.45, 2.75) is 6.42 Å². The summed E-state index contributed by atoms with van der Waals surface area (Å²) in [6, 6.07) is 0. The van der Waals surface area contributed by atoms with Gasteiger partial charge in [-0.3, -0.25) is 0 Å². The lowest BCUT2D eigenvalue weighted by molar-refractivity contribution is 0.303. The zero-order valence-corrected chi connectivity index (χ0v) is 5.55. The molecule has 0 saturated heterocycles. The highest BCUT2D eigenvalue weighted by Crippen LogP contribution is 1.85. The molecule has 0 amide bonds. The molecular formula is C4H7IO. The predicted molar refractivity (Wildman–Crippen MR) is 34.9 cm³/mol. The maximum atomic E-state index is 8.14. The van der Waals surface area contributed by atoms with Gasteiger partial charge >= 0.3 is 0 Å². The molecule has 0 aliphatic carbocycles. The summed E-state index contributed by atoms with van der Waals surface area (Å²) < 4.78 is 1.90. The molecule has 0 aromatic rings. The number of rotatable bonds is 2. The monoisotopic (exact) mass is 198 g/mol. The first kappa shape index (κ1) is 6.43. The molecule has 0 aromatic carbocycles. The quantitative estimate of drug-likeness (QED) is 0.663. The molecule has 0 radical (unpaired) electrons. The van der Waals surface area contributed by atoms with Crippen LogP contribution >= 0.6 is 22.6 Å². The molecule has 6 heavy (non-hydrogen) atoms. The van der Waals surface area contributed by atoms with E-state index in [-0.39, 0.29) is 6.61 Å². The SMILES string of the molecule is OCC/C=C\I. The van der Waals surface area contributed by atoms with Gasteiger partial charge in [-0.2, -0.15) is 0 Å². The Kier molecular flexibility index (Phi) is 5.82. The molecule has 0 fully saturated rings. The van der Waals surface area contributed by atoms with Crippen molar-refractivity contribution in [3.05, 3.63) is 10.2 Å². The summed E-state index contributed by atoms with van der Waals surface area (Å²) in [4.78, 5) is 0. The lowest BCUT2D eigenvalue weighted by atomic mass is 10.5. The first-order chi connectivity index (χ1) is 2.91. The molecule has 1 N–H and O–H groups in total. The number of aliphatic hydroxyl groups is 1. The van der Waals surface area contributed by atoms with E-state index in [0.717, 1.165) is 6.42 Å². The van der Waals surface area contributed by atoms with Crippen LogP contribution in [0.25, 0.3) is 0 Å². The number of aliphatic hydroxyl groups excluding tert-OH is 1. The Bertz CT molecular complexity index is 42.8. The van der Waals surface area contributed by atoms with Crippen molar-refractivity contribution in [1.29, 1.82) is 0 Å². The first-order valence-electron chi connectivity index (χ1n) is 1.78. The van der Waals surface area contributed by atoms with Crippen LogP contribution in [-0.4, -0.2) is 11.7 Å². The molecule has 0 aromatic heterocycles. The summed E-state index contributed by atoms with van der Waals surface area (Å²) in [6.45, 7) is 0.263. The van der Waals surface area contributed by atoms with Crippen LogP contribution in [0.1, 0.15) is 6.42 Å². The second-order valence-corrected chi connectivity index (χ2v) is 1.59. The summed E-state index contributed by atoms with van der Waals surface area (Å²) in [5.41, 5.74) is 0. The minimum Gasteiger partial charge on any atom is -0.396 e. The zero-order valence-electron chi connectivity index (χ0n) is 3.39. The van der Waals surface area contributed by atoms with Crippen molar-refractivity contribution in [3.63, 3.8) is 0 Å². The van der Waals surface area contributed by atoms with Gasteiger partial charge < -0.3 is 5.11 Å². The second kappa shape index (κ2) is 5.43. The topological polar surface area (TPSA) is 20.2 Å². The van der Waals surface area contributed by atoms with Crippen molar-refractivity contribution in [2.24, 2.45) is 0 Å². The first-order valence-corrected chi connectivity index (χ1v) is 3.02. The molecule has 0 aliphatic heterocycles. The van der Waals surface area contributed by atoms with Crippen LogP contribution in [0.15, 0.2) is 10.2 Å². The van der Waals surface area contributed by atoms with E-state index in [4.69, 9.17) is 5.11 Å². The van der Waals surface area contributed by atoms with E-state index >= 15 is 0 Å². The van der Waals surface area contributed by atoms with Crippen LogP contribution in [0.5, 0.6) is 0 Å². The van der Waals surface area contributed by atoms with E-state index in [0.29, 0.717) is 0 Å². The Morgan fingerprint density at radius 1 is 1.67 bits per heavy atom. The number of hydrogen-bond acceptors (Lipinski definition) is 1. The van der Waals surface area contributed by atoms with E-state index in [2.05, 4.69) is 22.6 Å². The normalized spacial score (nSPS) is 10.3. The minimum absolute atomic E-state index is 0.263. The molecule has 0 rings (SSSR count). The van der Waals surface area contributed by atoms with Crippen molar-refractivity contribution in [3.8, 4) is 0 Å². The Labute approximate surface area is 51.2 Å². The second-order valence-electron chi connectivity index (χ2n) is 0.874. The van der Waals surface area contributed by atoms with Crippen LogP contribution in [0.2, 0.25) is 0 Å². The maximum absolute atomic E-state index is 8.14. The Morgan fingerprint density at radius 2 is 2.33 bits per heavy atom.